The minimum atomic E-state index is 0.316. The predicted molar refractivity (Wildman–Crippen MR) is 64.2 cm³/mol. The molecule has 0 aromatic carbocycles. The van der Waals surface area contributed by atoms with Crippen molar-refractivity contribution in [1.82, 2.24) is 5.32 Å². The van der Waals surface area contributed by atoms with Crippen LogP contribution in [0.5, 0.6) is 0 Å². The Morgan fingerprint density at radius 3 is 2.27 bits per heavy atom. The van der Waals surface area contributed by atoms with E-state index in [9.17, 15) is 0 Å². The van der Waals surface area contributed by atoms with Gasteiger partial charge in [-0.2, -0.15) is 0 Å². The molecule has 1 N–H and O–H groups in total. The zero-order valence-corrected chi connectivity index (χ0v) is 10.9. The maximum absolute atomic E-state index is 5.47. The summed E-state index contributed by atoms with van der Waals surface area (Å²) in [6.07, 6.45) is 0.316. The zero-order valence-electron chi connectivity index (χ0n) is 10.9. The molecule has 92 valence electrons. The van der Waals surface area contributed by atoms with Crippen LogP contribution in [-0.2, 0) is 9.47 Å². The van der Waals surface area contributed by atoms with Crippen LogP contribution >= 0.6 is 0 Å². The Labute approximate surface area is 94.5 Å². The van der Waals surface area contributed by atoms with Gasteiger partial charge in [0.15, 0.2) is 0 Å². The topological polar surface area (TPSA) is 30.5 Å². The van der Waals surface area contributed by atoms with Crippen LogP contribution in [0.25, 0.3) is 0 Å². The van der Waals surface area contributed by atoms with Gasteiger partial charge in [0, 0.05) is 19.2 Å². The van der Waals surface area contributed by atoms with E-state index in [4.69, 9.17) is 9.47 Å². The first kappa shape index (κ1) is 14.9. The van der Waals surface area contributed by atoms with Gasteiger partial charge in [0.05, 0.1) is 19.3 Å². The van der Waals surface area contributed by atoms with Gasteiger partial charge in [-0.05, 0) is 26.7 Å². The van der Waals surface area contributed by atoms with Crippen LogP contribution in [0, 0.1) is 5.92 Å². The molecule has 3 nitrogen and oxygen atoms in total. The van der Waals surface area contributed by atoms with E-state index in [1.165, 1.54) is 0 Å². The first-order valence-electron chi connectivity index (χ1n) is 6.00. The Bertz CT molecular complexity index is 138. The summed E-state index contributed by atoms with van der Waals surface area (Å²) in [4.78, 5) is 0. The molecule has 0 aliphatic rings. The van der Waals surface area contributed by atoms with E-state index in [2.05, 4.69) is 33.0 Å². The van der Waals surface area contributed by atoms with Crippen LogP contribution in [0.15, 0.2) is 0 Å². The number of ether oxygens (including phenoxy) is 2. The van der Waals surface area contributed by atoms with Crippen molar-refractivity contribution >= 4 is 0 Å². The monoisotopic (exact) mass is 217 g/mol. The minimum absolute atomic E-state index is 0.316. The molecule has 1 atom stereocenters. The smallest absolute Gasteiger partial charge is 0.0621 e. The van der Waals surface area contributed by atoms with Gasteiger partial charge in [-0.1, -0.05) is 13.8 Å². The van der Waals surface area contributed by atoms with Crippen LogP contribution in [-0.4, -0.2) is 38.5 Å². The molecule has 0 fully saturated rings. The van der Waals surface area contributed by atoms with Crippen LogP contribution in [0.4, 0.5) is 0 Å². The second-order valence-corrected chi connectivity index (χ2v) is 4.38. The zero-order chi connectivity index (χ0) is 11.7. The van der Waals surface area contributed by atoms with Crippen molar-refractivity contribution in [2.75, 3.05) is 26.4 Å². The summed E-state index contributed by atoms with van der Waals surface area (Å²) in [5.41, 5.74) is 0. The molecule has 3 heteroatoms. The minimum Gasteiger partial charge on any atom is -0.380 e. The first-order chi connectivity index (χ1) is 7.07. The molecule has 0 rings (SSSR count). The largest absolute Gasteiger partial charge is 0.380 e. The number of rotatable bonds is 9. The number of nitrogens with one attached hydrogen (secondary N) is 1. The summed E-state index contributed by atoms with van der Waals surface area (Å²) in [5, 5.41) is 3.46. The summed E-state index contributed by atoms with van der Waals surface area (Å²) < 4.78 is 10.9. The maximum Gasteiger partial charge on any atom is 0.0621 e. The molecule has 0 aliphatic carbocycles. The number of hydrogen-bond donors (Lipinski definition) is 1. The molecule has 0 saturated carbocycles. The molecule has 15 heavy (non-hydrogen) atoms. The van der Waals surface area contributed by atoms with Crippen molar-refractivity contribution in [3.05, 3.63) is 0 Å². The van der Waals surface area contributed by atoms with Crippen molar-refractivity contribution in [3.8, 4) is 0 Å². The van der Waals surface area contributed by atoms with Crippen molar-refractivity contribution in [1.29, 1.82) is 0 Å². The van der Waals surface area contributed by atoms with Gasteiger partial charge in [-0.3, -0.25) is 0 Å². The fourth-order valence-corrected chi connectivity index (χ4v) is 1.27. The lowest BCUT2D eigenvalue weighted by atomic mass is 10.1. The van der Waals surface area contributed by atoms with E-state index >= 15 is 0 Å². The van der Waals surface area contributed by atoms with E-state index < -0.39 is 0 Å². The number of hydrogen-bond acceptors (Lipinski definition) is 3. The third kappa shape index (κ3) is 8.85. The molecule has 0 amide bonds. The third-order valence-electron chi connectivity index (χ3n) is 2.27. The van der Waals surface area contributed by atoms with Crippen LogP contribution in [0.1, 0.15) is 34.6 Å². The fraction of sp³-hybridized carbons (Fsp3) is 1.00. The summed E-state index contributed by atoms with van der Waals surface area (Å²) in [5.74, 6) is 0.593. The molecule has 0 aromatic rings. The summed E-state index contributed by atoms with van der Waals surface area (Å²) in [7, 11) is 0. The third-order valence-corrected chi connectivity index (χ3v) is 2.27. The summed E-state index contributed by atoms with van der Waals surface area (Å²) in [6, 6.07) is 0.431. The van der Waals surface area contributed by atoms with Crippen molar-refractivity contribution in [3.63, 3.8) is 0 Å². The van der Waals surface area contributed by atoms with E-state index in [0.29, 0.717) is 18.1 Å². The summed E-state index contributed by atoms with van der Waals surface area (Å²) in [6.45, 7) is 13.8. The lowest BCUT2D eigenvalue weighted by molar-refractivity contribution is 0.0694. The second kappa shape index (κ2) is 9.13. The van der Waals surface area contributed by atoms with E-state index in [-0.39, 0.29) is 0 Å². The van der Waals surface area contributed by atoms with Crippen molar-refractivity contribution < 1.29 is 9.47 Å². The van der Waals surface area contributed by atoms with Crippen molar-refractivity contribution in [2.45, 2.75) is 46.8 Å². The van der Waals surface area contributed by atoms with Gasteiger partial charge in [0.25, 0.3) is 0 Å². The molecule has 0 saturated heterocycles. The molecule has 1 unspecified atom stereocenters. The van der Waals surface area contributed by atoms with Crippen LogP contribution in [0.2, 0.25) is 0 Å². The second-order valence-electron chi connectivity index (χ2n) is 4.38. The predicted octanol–water partition coefficient (Wildman–Crippen LogP) is 2.06. The first-order valence-corrected chi connectivity index (χ1v) is 6.00. The van der Waals surface area contributed by atoms with Crippen LogP contribution < -0.4 is 5.32 Å². The van der Waals surface area contributed by atoms with Gasteiger partial charge < -0.3 is 14.8 Å². The maximum atomic E-state index is 5.47. The highest BCUT2D eigenvalue weighted by molar-refractivity contribution is 4.69. The highest BCUT2D eigenvalue weighted by Crippen LogP contribution is 2.01. The highest BCUT2D eigenvalue weighted by atomic mass is 16.5. The normalized spacial score (nSPS) is 13.8. The molecule has 0 aromatic heterocycles. The lowest BCUT2D eigenvalue weighted by Gasteiger charge is -2.22. The molecule has 0 bridgehead atoms. The highest BCUT2D eigenvalue weighted by Gasteiger charge is 2.11. The summed E-state index contributed by atoms with van der Waals surface area (Å²) >= 11 is 0. The Balaban J connectivity index is 3.57. The molecular weight excluding hydrogens is 190 g/mol. The molecular formula is C12H27NO2. The van der Waals surface area contributed by atoms with Gasteiger partial charge in [-0.25, -0.2) is 0 Å². The molecule has 0 spiro atoms. The SMILES string of the molecule is CCOCC(NCCOC(C)C)C(C)C. The molecule has 0 heterocycles. The van der Waals surface area contributed by atoms with Crippen molar-refractivity contribution in [2.24, 2.45) is 5.92 Å². The average Bonchev–Trinajstić information content (AvgIpc) is 2.15. The Kier molecular flexibility index (Phi) is 9.06. The lowest BCUT2D eigenvalue weighted by Crippen LogP contribution is -2.40. The van der Waals surface area contributed by atoms with Gasteiger partial charge in [-0.15, -0.1) is 0 Å². The van der Waals surface area contributed by atoms with Crippen LogP contribution in [0.3, 0.4) is 0 Å². The Hall–Kier alpha value is -0.120. The molecule has 0 radical (unpaired) electrons. The standard InChI is InChI=1S/C12H27NO2/c1-6-14-9-12(10(2)3)13-7-8-15-11(4)5/h10-13H,6-9H2,1-5H3. The van der Waals surface area contributed by atoms with Gasteiger partial charge >= 0.3 is 0 Å². The van der Waals surface area contributed by atoms with Gasteiger partial charge in [0.2, 0.25) is 0 Å². The Morgan fingerprint density at radius 1 is 1.13 bits per heavy atom. The van der Waals surface area contributed by atoms with E-state index in [0.717, 1.165) is 26.4 Å². The molecule has 0 aliphatic heterocycles. The Morgan fingerprint density at radius 2 is 1.80 bits per heavy atom. The quantitative estimate of drug-likeness (QED) is 0.600. The van der Waals surface area contributed by atoms with E-state index in [1.807, 2.05) is 6.92 Å². The van der Waals surface area contributed by atoms with Gasteiger partial charge in [0.1, 0.15) is 0 Å². The average molecular weight is 217 g/mol. The fourth-order valence-electron chi connectivity index (χ4n) is 1.27. The van der Waals surface area contributed by atoms with E-state index in [1.54, 1.807) is 0 Å².